The van der Waals surface area contributed by atoms with Crippen LogP contribution in [0.1, 0.15) is 42.5 Å². The van der Waals surface area contributed by atoms with Crippen LogP contribution in [0.15, 0.2) is 18.2 Å². The van der Waals surface area contributed by atoms with Gasteiger partial charge < -0.3 is 24.4 Å². The molecule has 3 aliphatic rings. The summed E-state index contributed by atoms with van der Waals surface area (Å²) in [7, 11) is 1.49. The summed E-state index contributed by atoms with van der Waals surface area (Å²) in [5, 5.41) is 11.4. The molecule has 0 unspecified atom stereocenters. The highest BCUT2D eigenvalue weighted by Crippen LogP contribution is 2.31. The summed E-state index contributed by atoms with van der Waals surface area (Å²) < 4.78 is 11.6. The number of anilines is 1. The fraction of sp³-hybridized carbons (Fsp3) is 0.565. The standard InChI is InChI=1S/C23H30N4O7/c1-33-19-3-2-15(14-18(19)27-13-8-20(28)24-22(27)30)21(29)25-9-4-16(5-10-25)34-17-6-11-26(12-7-17)23(31)32/h2-3,14,16-17H,4-13H2,1H3,(H,31,32)(H,24,28,30). The summed E-state index contributed by atoms with van der Waals surface area (Å²) in [6, 6.07) is 4.43. The minimum Gasteiger partial charge on any atom is -0.495 e. The number of methoxy groups -OCH3 is 1. The van der Waals surface area contributed by atoms with Crippen molar-refractivity contribution in [3.63, 3.8) is 0 Å². The highest BCUT2D eigenvalue weighted by molar-refractivity contribution is 6.07. The van der Waals surface area contributed by atoms with Crippen molar-refractivity contribution in [1.82, 2.24) is 15.1 Å². The van der Waals surface area contributed by atoms with E-state index in [9.17, 15) is 19.2 Å². The highest BCUT2D eigenvalue weighted by atomic mass is 16.5. The van der Waals surface area contributed by atoms with E-state index in [-0.39, 0.29) is 37.0 Å². The lowest BCUT2D eigenvalue weighted by Crippen LogP contribution is -2.49. The Labute approximate surface area is 197 Å². The Balaban J connectivity index is 1.34. The zero-order chi connectivity index (χ0) is 24.2. The molecule has 2 N–H and O–H groups in total. The van der Waals surface area contributed by atoms with E-state index in [0.717, 1.165) is 0 Å². The predicted molar refractivity (Wildman–Crippen MR) is 121 cm³/mol. The van der Waals surface area contributed by atoms with Crippen LogP contribution in [0.5, 0.6) is 5.75 Å². The molecule has 34 heavy (non-hydrogen) atoms. The van der Waals surface area contributed by atoms with Crippen LogP contribution in [0.4, 0.5) is 15.3 Å². The number of hydrogen-bond acceptors (Lipinski definition) is 6. The molecular weight excluding hydrogens is 444 g/mol. The van der Waals surface area contributed by atoms with E-state index < -0.39 is 12.1 Å². The summed E-state index contributed by atoms with van der Waals surface area (Å²) in [6.07, 6.45) is 2.19. The predicted octanol–water partition coefficient (Wildman–Crippen LogP) is 1.91. The van der Waals surface area contributed by atoms with Crippen LogP contribution in [-0.2, 0) is 9.53 Å². The van der Waals surface area contributed by atoms with Crippen LogP contribution in [0.3, 0.4) is 0 Å². The Kier molecular flexibility index (Phi) is 7.20. The molecule has 1 aromatic rings. The van der Waals surface area contributed by atoms with E-state index in [1.54, 1.807) is 23.1 Å². The Morgan fingerprint density at radius 3 is 2.15 bits per heavy atom. The smallest absolute Gasteiger partial charge is 0.407 e. The second kappa shape index (κ2) is 10.3. The van der Waals surface area contributed by atoms with Gasteiger partial charge in [-0.2, -0.15) is 0 Å². The van der Waals surface area contributed by atoms with E-state index in [4.69, 9.17) is 14.6 Å². The first kappa shape index (κ1) is 23.8. The molecule has 4 rings (SSSR count). The lowest BCUT2D eigenvalue weighted by atomic mass is 10.0. The molecule has 11 heteroatoms. The molecule has 184 valence electrons. The van der Waals surface area contributed by atoms with Gasteiger partial charge in [0.1, 0.15) is 5.75 Å². The molecule has 1 aromatic carbocycles. The van der Waals surface area contributed by atoms with Gasteiger partial charge in [-0.15, -0.1) is 0 Å². The van der Waals surface area contributed by atoms with Gasteiger partial charge in [0, 0.05) is 44.7 Å². The molecular formula is C23H30N4O7. The van der Waals surface area contributed by atoms with E-state index in [1.807, 2.05) is 0 Å². The normalized spacial score (nSPS) is 20.3. The number of hydrogen-bond donors (Lipinski definition) is 2. The molecule has 0 bridgehead atoms. The Hall–Kier alpha value is -3.34. The molecule has 0 spiro atoms. The molecule has 0 aromatic heterocycles. The average molecular weight is 475 g/mol. The number of amides is 5. The van der Waals surface area contributed by atoms with Crippen LogP contribution in [0.25, 0.3) is 0 Å². The number of benzene rings is 1. The fourth-order valence-electron chi connectivity index (χ4n) is 4.66. The van der Waals surface area contributed by atoms with Crippen LogP contribution in [0, 0.1) is 0 Å². The van der Waals surface area contributed by atoms with Crippen molar-refractivity contribution in [2.45, 2.75) is 44.3 Å². The Morgan fingerprint density at radius 2 is 1.59 bits per heavy atom. The minimum absolute atomic E-state index is 0.0476. The van der Waals surface area contributed by atoms with Gasteiger partial charge in [0.2, 0.25) is 5.91 Å². The van der Waals surface area contributed by atoms with Gasteiger partial charge in [-0.05, 0) is 43.9 Å². The number of ether oxygens (including phenoxy) is 2. The molecule has 0 aliphatic carbocycles. The first-order valence-corrected chi connectivity index (χ1v) is 11.6. The summed E-state index contributed by atoms with van der Waals surface area (Å²) in [5.74, 6) is -0.0160. The number of carbonyl (C=O) groups excluding carboxylic acids is 3. The van der Waals surface area contributed by atoms with Crippen molar-refractivity contribution in [2.24, 2.45) is 0 Å². The molecule has 5 amide bonds. The van der Waals surface area contributed by atoms with E-state index in [0.29, 0.717) is 68.9 Å². The van der Waals surface area contributed by atoms with Crippen LogP contribution >= 0.6 is 0 Å². The molecule has 3 fully saturated rings. The lowest BCUT2D eigenvalue weighted by Gasteiger charge is -2.36. The average Bonchev–Trinajstić information content (AvgIpc) is 2.84. The monoisotopic (exact) mass is 474 g/mol. The number of nitrogens with one attached hydrogen (secondary N) is 1. The van der Waals surface area contributed by atoms with Gasteiger partial charge >= 0.3 is 12.1 Å². The van der Waals surface area contributed by atoms with E-state index in [1.165, 1.54) is 16.9 Å². The number of carbonyl (C=O) groups is 4. The van der Waals surface area contributed by atoms with Crippen molar-refractivity contribution < 1.29 is 33.8 Å². The van der Waals surface area contributed by atoms with Gasteiger partial charge in [0.15, 0.2) is 0 Å². The van der Waals surface area contributed by atoms with Crippen molar-refractivity contribution >= 4 is 29.6 Å². The summed E-state index contributed by atoms with van der Waals surface area (Å²) in [6.45, 7) is 2.29. The first-order valence-electron chi connectivity index (χ1n) is 11.6. The van der Waals surface area contributed by atoms with Gasteiger partial charge in [-0.25, -0.2) is 9.59 Å². The van der Waals surface area contributed by atoms with Gasteiger partial charge in [-0.3, -0.25) is 19.8 Å². The molecule has 0 radical (unpaired) electrons. The Bertz CT molecular complexity index is 953. The minimum atomic E-state index is -0.888. The van der Waals surface area contributed by atoms with Gasteiger partial charge in [0.25, 0.3) is 5.91 Å². The van der Waals surface area contributed by atoms with Crippen molar-refractivity contribution in [3.8, 4) is 5.75 Å². The number of rotatable bonds is 5. The fourth-order valence-corrected chi connectivity index (χ4v) is 4.66. The number of piperidine rings is 2. The number of likely N-dealkylation sites (tertiary alicyclic amines) is 2. The maximum absolute atomic E-state index is 13.2. The largest absolute Gasteiger partial charge is 0.495 e. The molecule has 0 saturated carbocycles. The SMILES string of the molecule is COc1ccc(C(=O)N2CCC(OC3CCN(C(=O)O)CC3)CC2)cc1N1CCC(=O)NC1=O. The number of carboxylic acid groups (broad SMARTS) is 1. The maximum Gasteiger partial charge on any atom is 0.407 e. The third kappa shape index (κ3) is 5.24. The molecule has 0 atom stereocenters. The van der Waals surface area contributed by atoms with Gasteiger partial charge in [-0.1, -0.05) is 0 Å². The van der Waals surface area contributed by atoms with Crippen LogP contribution in [-0.4, -0.2) is 90.9 Å². The van der Waals surface area contributed by atoms with Crippen LogP contribution in [0.2, 0.25) is 0 Å². The molecule has 11 nitrogen and oxygen atoms in total. The second-order valence-corrected chi connectivity index (χ2v) is 8.74. The maximum atomic E-state index is 13.2. The summed E-state index contributed by atoms with van der Waals surface area (Å²) in [4.78, 5) is 52.6. The third-order valence-corrected chi connectivity index (χ3v) is 6.60. The third-order valence-electron chi connectivity index (χ3n) is 6.60. The number of imide groups is 1. The summed E-state index contributed by atoms with van der Waals surface area (Å²) in [5.41, 5.74) is 0.894. The molecule has 3 heterocycles. The highest BCUT2D eigenvalue weighted by Gasteiger charge is 2.31. The van der Waals surface area contributed by atoms with Crippen molar-refractivity contribution in [2.75, 3.05) is 44.7 Å². The van der Waals surface area contributed by atoms with E-state index in [2.05, 4.69) is 5.32 Å². The number of urea groups is 1. The molecule has 3 saturated heterocycles. The van der Waals surface area contributed by atoms with Crippen molar-refractivity contribution in [3.05, 3.63) is 23.8 Å². The van der Waals surface area contributed by atoms with Crippen molar-refractivity contribution in [1.29, 1.82) is 0 Å². The molecule has 3 aliphatic heterocycles. The first-order chi connectivity index (χ1) is 16.4. The quantitative estimate of drug-likeness (QED) is 0.667. The zero-order valence-electron chi connectivity index (χ0n) is 19.2. The summed E-state index contributed by atoms with van der Waals surface area (Å²) >= 11 is 0. The van der Waals surface area contributed by atoms with Gasteiger partial charge in [0.05, 0.1) is 25.0 Å². The Morgan fingerprint density at radius 1 is 0.971 bits per heavy atom. The van der Waals surface area contributed by atoms with Crippen LogP contribution < -0.4 is 15.0 Å². The lowest BCUT2D eigenvalue weighted by molar-refractivity contribution is -0.120. The second-order valence-electron chi connectivity index (χ2n) is 8.74. The topological polar surface area (TPSA) is 129 Å². The zero-order valence-corrected chi connectivity index (χ0v) is 19.2. The van der Waals surface area contributed by atoms with E-state index >= 15 is 0 Å². The number of nitrogens with zero attached hydrogens (tertiary/aromatic N) is 3.